The summed E-state index contributed by atoms with van der Waals surface area (Å²) in [5.74, 6) is 1.43. The summed E-state index contributed by atoms with van der Waals surface area (Å²) < 4.78 is 31.4. The minimum absolute atomic E-state index is 0.111. The number of aliphatic carboxylic acids is 1. The molecule has 0 spiro atoms. The number of anilines is 1. The number of methoxy groups -OCH3 is 1. The molecule has 1 aromatic heterocycles. The number of fused-ring (bicyclic) bond motifs is 1. The van der Waals surface area contributed by atoms with E-state index >= 15 is 0 Å². The van der Waals surface area contributed by atoms with Crippen molar-refractivity contribution in [2.45, 2.75) is 72.4 Å². The molecule has 3 aromatic rings. The molecule has 3 aliphatic rings. The number of hydrogen-bond donors (Lipinski definition) is 2. The SMILES string of the molecule is C=C/C(CC(=O)O)=C1/C=C(c2ccc(OCCOCCOCCOCCNC(=C)C[C@@H]3N=C(c4ccc(Cl)cc4)C(C(C)=C(C)C)=C(C)n4c(C)nnc43)cc2N2CCC(OC)CC2)C=CN1C. The van der Waals surface area contributed by atoms with Crippen molar-refractivity contribution in [3.05, 3.63) is 142 Å². The predicted octanol–water partition coefficient (Wildman–Crippen LogP) is 9.37. The molecular formula is C53H68ClN7O7. The maximum Gasteiger partial charge on any atom is 0.307 e. The van der Waals surface area contributed by atoms with Gasteiger partial charge in [0, 0.05) is 97.0 Å². The summed E-state index contributed by atoms with van der Waals surface area (Å²) in [6.45, 7) is 24.0. The lowest BCUT2D eigenvalue weighted by molar-refractivity contribution is -0.136. The van der Waals surface area contributed by atoms with Gasteiger partial charge in [-0.05, 0) is 101 Å². The number of hydrogen-bond acceptors (Lipinski definition) is 12. The van der Waals surface area contributed by atoms with E-state index in [-0.39, 0.29) is 18.6 Å². The number of ether oxygens (including phenoxy) is 5. The van der Waals surface area contributed by atoms with Crippen molar-refractivity contribution in [3.63, 3.8) is 0 Å². The van der Waals surface area contributed by atoms with E-state index in [0.29, 0.717) is 69.8 Å². The van der Waals surface area contributed by atoms with Crippen molar-refractivity contribution in [1.82, 2.24) is 25.0 Å². The van der Waals surface area contributed by atoms with Crippen molar-refractivity contribution in [1.29, 1.82) is 0 Å². The summed E-state index contributed by atoms with van der Waals surface area (Å²) in [5.41, 5.74) is 11.7. The van der Waals surface area contributed by atoms with Crippen LogP contribution in [-0.2, 0) is 23.7 Å². The van der Waals surface area contributed by atoms with E-state index in [1.165, 1.54) is 5.57 Å². The van der Waals surface area contributed by atoms with E-state index in [1.807, 2.05) is 61.5 Å². The average Bonchev–Trinajstić information content (AvgIpc) is 3.67. The van der Waals surface area contributed by atoms with Crippen molar-refractivity contribution in [2.24, 2.45) is 4.99 Å². The van der Waals surface area contributed by atoms with Crippen LogP contribution < -0.4 is 15.0 Å². The second kappa shape index (κ2) is 25.0. The van der Waals surface area contributed by atoms with Gasteiger partial charge in [-0.1, -0.05) is 48.5 Å². The Morgan fingerprint density at radius 2 is 1.63 bits per heavy atom. The molecule has 6 rings (SSSR count). The van der Waals surface area contributed by atoms with Crippen LogP contribution in [0.15, 0.2) is 119 Å². The molecule has 364 valence electrons. The first kappa shape index (κ1) is 51.6. The van der Waals surface area contributed by atoms with Gasteiger partial charge >= 0.3 is 5.97 Å². The molecule has 2 aromatic carbocycles. The Morgan fingerprint density at radius 1 is 0.956 bits per heavy atom. The number of benzene rings is 2. The molecule has 1 saturated heterocycles. The van der Waals surface area contributed by atoms with Gasteiger partial charge in [0.1, 0.15) is 24.2 Å². The second-order valence-corrected chi connectivity index (χ2v) is 17.7. The molecule has 0 unspecified atom stereocenters. The van der Waals surface area contributed by atoms with Crippen molar-refractivity contribution in [3.8, 4) is 5.75 Å². The summed E-state index contributed by atoms with van der Waals surface area (Å²) in [6.07, 6.45) is 10.2. The van der Waals surface area contributed by atoms with E-state index in [9.17, 15) is 9.90 Å². The third kappa shape index (κ3) is 13.5. The monoisotopic (exact) mass is 949 g/mol. The molecule has 3 aliphatic heterocycles. The summed E-state index contributed by atoms with van der Waals surface area (Å²) in [6, 6.07) is 13.6. The zero-order valence-corrected chi connectivity index (χ0v) is 41.5. The fourth-order valence-corrected chi connectivity index (χ4v) is 8.65. The van der Waals surface area contributed by atoms with E-state index in [2.05, 4.69) is 84.0 Å². The Balaban J connectivity index is 0.926. The van der Waals surface area contributed by atoms with Crippen molar-refractivity contribution in [2.75, 3.05) is 84.9 Å². The highest BCUT2D eigenvalue weighted by molar-refractivity contribution is 6.30. The number of aliphatic imine (C=N–C) groups is 1. The number of nitrogens with one attached hydrogen (secondary N) is 1. The number of aromatic nitrogens is 3. The fourth-order valence-electron chi connectivity index (χ4n) is 8.52. The molecule has 0 saturated carbocycles. The van der Waals surface area contributed by atoms with E-state index in [1.54, 1.807) is 13.2 Å². The maximum absolute atomic E-state index is 11.6. The smallest absolute Gasteiger partial charge is 0.307 e. The molecule has 1 atom stereocenters. The number of aryl methyl sites for hydroxylation is 1. The first-order chi connectivity index (χ1) is 32.8. The zero-order chi connectivity index (χ0) is 48.7. The van der Waals surface area contributed by atoms with Crippen LogP contribution in [0.25, 0.3) is 11.3 Å². The number of carbonyl (C=O) groups is 1. The average molecular weight is 951 g/mol. The molecule has 2 N–H and O–H groups in total. The lowest BCUT2D eigenvalue weighted by atomic mass is 9.92. The molecule has 14 nitrogen and oxygen atoms in total. The molecule has 4 heterocycles. The summed E-state index contributed by atoms with van der Waals surface area (Å²) in [5, 5.41) is 22.7. The fraction of sp³-hybridized carbons (Fsp3) is 0.434. The van der Waals surface area contributed by atoms with Crippen LogP contribution >= 0.6 is 11.6 Å². The summed E-state index contributed by atoms with van der Waals surface area (Å²) in [7, 11) is 3.68. The van der Waals surface area contributed by atoms with Crippen LogP contribution in [0.4, 0.5) is 5.69 Å². The lowest BCUT2D eigenvalue weighted by Gasteiger charge is -2.35. The molecule has 1 fully saturated rings. The predicted molar refractivity (Wildman–Crippen MR) is 271 cm³/mol. The number of carboxylic acid groups (broad SMARTS) is 1. The molecular weight excluding hydrogens is 882 g/mol. The van der Waals surface area contributed by atoms with E-state index in [0.717, 1.165) is 99.7 Å². The van der Waals surface area contributed by atoms with Crippen LogP contribution in [0.1, 0.15) is 82.2 Å². The first-order valence-electron chi connectivity index (χ1n) is 23.3. The number of allylic oxidation sites excluding steroid dienone is 8. The number of likely N-dealkylation sites (N-methyl/N-ethyl adjacent to an activating group) is 1. The van der Waals surface area contributed by atoms with Gasteiger partial charge in [0.2, 0.25) is 0 Å². The topological polar surface area (TPSA) is 145 Å². The van der Waals surface area contributed by atoms with Gasteiger partial charge in [-0.15, -0.1) is 10.2 Å². The van der Waals surface area contributed by atoms with Gasteiger partial charge < -0.3 is 43.9 Å². The molecule has 15 heteroatoms. The Kier molecular flexibility index (Phi) is 19.0. The number of rotatable bonds is 24. The number of nitrogens with zero attached hydrogens (tertiary/aromatic N) is 6. The largest absolute Gasteiger partial charge is 0.491 e. The Morgan fingerprint density at radius 3 is 2.28 bits per heavy atom. The van der Waals surface area contributed by atoms with Gasteiger partial charge in [-0.3, -0.25) is 14.4 Å². The van der Waals surface area contributed by atoms with Gasteiger partial charge in [0.25, 0.3) is 0 Å². The maximum atomic E-state index is 11.6. The minimum atomic E-state index is -0.900. The minimum Gasteiger partial charge on any atom is -0.491 e. The molecule has 0 radical (unpaired) electrons. The summed E-state index contributed by atoms with van der Waals surface area (Å²) >= 11 is 6.29. The molecule has 0 aliphatic carbocycles. The van der Waals surface area contributed by atoms with Gasteiger partial charge in [0.05, 0.1) is 57.9 Å². The van der Waals surface area contributed by atoms with E-state index in [4.69, 9.17) is 40.3 Å². The standard InChI is InChI=1S/C53H68ClN7O7/c1-10-40(33-50(62)63)48-32-42(17-21-59(48)8)46-16-15-45(34-49(46)60-22-18-44(64-9)19-23-60)68-30-29-67-28-27-66-26-25-65-24-20-55-36(4)31-47-53-58-57-39(7)61(53)38(6)51(37(5)35(2)3)52(56-47)41-11-13-43(54)14-12-41/h10-17,21,32,34,44,47,55H,1,4,18-20,22-31,33H2,2-3,5-9H3,(H,62,63)/b48-40+/t47-/m0/s1. The Hall–Kier alpha value is -5.77. The molecule has 68 heavy (non-hydrogen) atoms. The van der Waals surface area contributed by atoms with Crippen LogP contribution in [-0.4, -0.2) is 123 Å². The first-order valence-corrected chi connectivity index (χ1v) is 23.7. The molecule has 0 bridgehead atoms. The number of halogens is 1. The number of piperidine rings is 1. The second-order valence-electron chi connectivity index (χ2n) is 17.3. The van der Waals surface area contributed by atoms with Crippen molar-refractivity contribution >= 4 is 40.2 Å². The normalized spacial score (nSPS) is 17.0. The van der Waals surface area contributed by atoms with Crippen LogP contribution in [0.5, 0.6) is 5.75 Å². The highest BCUT2D eigenvalue weighted by Gasteiger charge is 2.30. The van der Waals surface area contributed by atoms with E-state index < -0.39 is 5.97 Å². The lowest BCUT2D eigenvalue weighted by Crippen LogP contribution is -2.37. The molecule has 0 amide bonds. The highest BCUT2D eigenvalue weighted by atomic mass is 35.5. The quantitative estimate of drug-likeness (QED) is 0.0826. The van der Waals surface area contributed by atoms with Crippen LogP contribution in [0.3, 0.4) is 0 Å². The van der Waals surface area contributed by atoms with Gasteiger partial charge in [0.15, 0.2) is 5.82 Å². The Labute approximate surface area is 407 Å². The number of carboxylic acids is 1. The van der Waals surface area contributed by atoms with Crippen LogP contribution in [0, 0.1) is 6.92 Å². The third-order valence-electron chi connectivity index (χ3n) is 12.4. The van der Waals surface area contributed by atoms with Crippen LogP contribution in [0.2, 0.25) is 5.02 Å². The van der Waals surface area contributed by atoms with Gasteiger partial charge in [-0.25, -0.2) is 0 Å². The van der Waals surface area contributed by atoms with Gasteiger partial charge in [-0.2, -0.15) is 0 Å². The van der Waals surface area contributed by atoms with Crippen molar-refractivity contribution < 1.29 is 33.6 Å². The summed E-state index contributed by atoms with van der Waals surface area (Å²) in [4.78, 5) is 21.2. The third-order valence-corrected chi connectivity index (χ3v) is 12.6. The Bertz CT molecular complexity index is 2450. The zero-order valence-electron chi connectivity index (χ0n) is 40.8. The highest BCUT2D eigenvalue weighted by Crippen LogP contribution is 2.38.